The molecular weight excluding hydrogens is 295 g/mol. The molecule has 0 aliphatic rings. The molecule has 0 N–H and O–H groups in total. The van der Waals surface area contributed by atoms with Gasteiger partial charge in [-0.1, -0.05) is 44.2 Å². The van der Waals surface area contributed by atoms with E-state index >= 15 is 0 Å². The second-order valence-corrected chi connectivity index (χ2v) is 5.80. The predicted molar refractivity (Wildman–Crippen MR) is 78.5 cm³/mol. The van der Waals surface area contributed by atoms with Gasteiger partial charge in [-0.3, -0.25) is 4.21 Å². The molecule has 21 heavy (non-hydrogen) atoms. The molecule has 0 spiro atoms. The summed E-state index contributed by atoms with van der Waals surface area (Å²) in [5.74, 6) is 0.933. The molecule has 0 saturated heterocycles. The van der Waals surface area contributed by atoms with Crippen molar-refractivity contribution in [3.05, 3.63) is 59.7 Å². The molecule has 0 bridgehead atoms. The largest absolute Gasteiger partial charge is 1.00 e. The van der Waals surface area contributed by atoms with E-state index in [0.717, 1.165) is 16.9 Å². The van der Waals surface area contributed by atoms with Gasteiger partial charge in [0, 0.05) is 4.90 Å². The van der Waals surface area contributed by atoms with Crippen LogP contribution in [0.1, 0.15) is 30.9 Å². The summed E-state index contributed by atoms with van der Waals surface area (Å²) < 4.78 is 27.9. The Kier molecular flexibility index (Phi) is 7.63. The van der Waals surface area contributed by atoms with E-state index in [2.05, 4.69) is 0 Å². The molecule has 0 radical (unpaired) electrons. The van der Waals surface area contributed by atoms with Crippen LogP contribution in [0, 0.1) is 0 Å². The van der Waals surface area contributed by atoms with Crippen LogP contribution in [0.5, 0.6) is 5.75 Å². The van der Waals surface area contributed by atoms with E-state index in [-0.39, 0.29) is 35.5 Å². The van der Waals surface area contributed by atoms with Crippen molar-refractivity contribution in [2.45, 2.75) is 31.3 Å². The Morgan fingerprint density at radius 1 is 1.14 bits per heavy atom. The summed E-state index contributed by atoms with van der Waals surface area (Å²) in [4.78, 5) is 0.292. The standard InChI is InChI=1S/C16H18O3S.Na/c1-12(2)15-10-14(20(17)18)8-9-16(15)19-11-13-6-4-3-5-7-13;/h3-10,12H,11H2,1-2H3,(H,17,18);/q;+1/p-1. The molecule has 106 valence electrons. The summed E-state index contributed by atoms with van der Waals surface area (Å²) >= 11 is -2.21. The summed E-state index contributed by atoms with van der Waals surface area (Å²) in [5.41, 5.74) is 1.99. The SMILES string of the molecule is CC(C)c1cc(S(=O)[O-])ccc1OCc1ccccc1.[Na+]. The average molecular weight is 312 g/mol. The summed E-state index contributed by atoms with van der Waals surface area (Å²) in [6, 6.07) is 14.8. The number of benzene rings is 2. The van der Waals surface area contributed by atoms with Crippen molar-refractivity contribution in [3.8, 4) is 5.75 Å². The number of ether oxygens (including phenoxy) is 1. The smallest absolute Gasteiger partial charge is 0.768 e. The fourth-order valence-corrected chi connectivity index (χ4v) is 2.35. The van der Waals surface area contributed by atoms with Crippen LogP contribution in [0.4, 0.5) is 0 Å². The summed E-state index contributed by atoms with van der Waals surface area (Å²) in [6.07, 6.45) is 0. The van der Waals surface area contributed by atoms with Crippen LogP contribution in [0.3, 0.4) is 0 Å². The molecule has 0 aromatic heterocycles. The summed E-state index contributed by atoms with van der Waals surface area (Å²) in [6.45, 7) is 4.50. The van der Waals surface area contributed by atoms with E-state index in [4.69, 9.17) is 4.74 Å². The van der Waals surface area contributed by atoms with Crippen LogP contribution >= 0.6 is 0 Å². The minimum Gasteiger partial charge on any atom is -0.768 e. The van der Waals surface area contributed by atoms with E-state index in [1.807, 2.05) is 44.2 Å². The maximum absolute atomic E-state index is 11.0. The normalized spacial score (nSPS) is 11.8. The molecule has 0 aliphatic heterocycles. The second kappa shape index (κ2) is 8.71. The van der Waals surface area contributed by atoms with Gasteiger partial charge in [-0.25, -0.2) is 0 Å². The van der Waals surface area contributed by atoms with Crippen molar-refractivity contribution in [2.75, 3.05) is 0 Å². The Morgan fingerprint density at radius 2 is 1.81 bits per heavy atom. The van der Waals surface area contributed by atoms with Gasteiger partial charge in [0.25, 0.3) is 0 Å². The molecule has 1 unspecified atom stereocenters. The van der Waals surface area contributed by atoms with Gasteiger partial charge < -0.3 is 9.29 Å². The third-order valence-corrected chi connectivity index (χ3v) is 3.67. The van der Waals surface area contributed by atoms with Gasteiger partial charge in [0.15, 0.2) is 0 Å². The first-order chi connectivity index (χ1) is 9.58. The Labute approximate surface area is 150 Å². The van der Waals surface area contributed by atoms with Crippen molar-refractivity contribution in [2.24, 2.45) is 0 Å². The first-order valence-electron chi connectivity index (χ1n) is 6.48. The van der Waals surface area contributed by atoms with E-state index in [1.54, 1.807) is 18.2 Å². The molecule has 0 saturated carbocycles. The maximum Gasteiger partial charge on any atom is 1.00 e. The van der Waals surface area contributed by atoms with E-state index in [1.165, 1.54) is 0 Å². The van der Waals surface area contributed by atoms with Gasteiger partial charge in [0.05, 0.1) is 0 Å². The van der Waals surface area contributed by atoms with Crippen molar-refractivity contribution < 1.29 is 43.1 Å². The monoisotopic (exact) mass is 312 g/mol. The third-order valence-electron chi connectivity index (χ3n) is 3.03. The van der Waals surface area contributed by atoms with Crippen LogP contribution in [0.2, 0.25) is 0 Å². The minimum atomic E-state index is -2.21. The Balaban J connectivity index is 0.00000220. The first-order valence-corrected chi connectivity index (χ1v) is 7.55. The van der Waals surface area contributed by atoms with Crippen molar-refractivity contribution >= 4 is 11.1 Å². The van der Waals surface area contributed by atoms with Crippen molar-refractivity contribution in [1.82, 2.24) is 0 Å². The van der Waals surface area contributed by atoms with Gasteiger partial charge in [0.1, 0.15) is 12.4 Å². The van der Waals surface area contributed by atoms with Crippen LogP contribution in [0.25, 0.3) is 0 Å². The van der Waals surface area contributed by atoms with Gasteiger partial charge >= 0.3 is 29.6 Å². The number of hydrogen-bond acceptors (Lipinski definition) is 3. The molecule has 0 aliphatic carbocycles. The Bertz CT molecular complexity index is 600. The Morgan fingerprint density at radius 3 is 2.38 bits per heavy atom. The summed E-state index contributed by atoms with van der Waals surface area (Å²) in [7, 11) is 0. The quantitative estimate of drug-likeness (QED) is 0.601. The summed E-state index contributed by atoms with van der Waals surface area (Å²) in [5, 5.41) is 0. The molecule has 3 nitrogen and oxygen atoms in total. The molecular formula is C16H17NaO3S. The first kappa shape index (κ1) is 18.4. The van der Waals surface area contributed by atoms with Crippen LogP contribution in [-0.4, -0.2) is 8.76 Å². The molecule has 0 amide bonds. The van der Waals surface area contributed by atoms with Gasteiger partial charge in [-0.15, -0.1) is 0 Å². The fourth-order valence-electron chi connectivity index (χ4n) is 1.95. The fraction of sp³-hybridized carbons (Fsp3) is 0.250. The van der Waals surface area contributed by atoms with Gasteiger partial charge in [0.2, 0.25) is 0 Å². The average Bonchev–Trinajstić information content (AvgIpc) is 2.45. The molecule has 0 fully saturated rings. The van der Waals surface area contributed by atoms with Gasteiger partial charge in [-0.2, -0.15) is 0 Å². The topological polar surface area (TPSA) is 49.4 Å². The van der Waals surface area contributed by atoms with E-state index < -0.39 is 11.1 Å². The molecule has 1 atom stereocenters. The molecule has 2 rings (SSSR count). The molecule has 5 heteroatoms. The zero-order valence-corrected chi connectivity index (χ0v) is 15.4. The zero-order chi connectivity index (χ0) is 14.5. The van der Waals surface area contributed by atoms with E-state index in [0.29, 0.717) is 11.5 Å². The molecule has 2 aromatic carbocycles. The van der Waals surface area contributed by atoms with Crippen molar-refractivity contribution in [1.29, 1.82) is 0 Å². The minimum absolute atomic E-state index is 0. The second-order valence-electron chi connectivity index (χ2n) is 4.86. The van der Waals surface area contributed by atoms with Crippen LogP contribution < -0.4 is 34.3 Å². The third kappa shape index (κ3) is 5.24. The maximum atomic E-state index is 11.0. The molecule has 0 heterocycles. The zero-order valence-electron chi connectivity index (χ0n) is 12.5. The predicted octanol–water partition coefficient (Wildman–Crippen LogP) is 0.631. The van der Waals surface area contributed by atoms with E-state index in [9.17, 15) is 8.76 Å². The van der Waals surface area contributed by atoms with Crippen LogP contribution in [-0.2, 0) is 17.7 Å². The van der Waals surface area contributed by atoms with Gasteiger partial charge in [-0.05, 0) is 46.3 Å². The Hall–Kier alpha value is -0.650. The van der Waals surface area contributed by atoms with Crippen LogP contribution in [0.15, 0.2) is 53.4 Å². The number of hydrogen-bond donors (Lipinski definition) is 0. The van der Waals surface area contributed by atoms with Crippen molar-refractivity contribution in [3.63, 3.8) is 0 Å². The number of rotatable bonds is 5. The molecule has 2 aromatic rings.